The number of hydrogen-bond acceptors (Lipinski definition) is 6. The van der Waals surface area contributed by atoms with Crippen LogP contribution in [0.25, 0.3) is 0 Å². The molecular weight excluding hydrogens is 418 g/mol. The summed E-state index contributed by atoms with van der Waals surface area (Å²) < 4.78 is 6.04. The van der Waals surface area contributed by atoms with Crippen molar-refractivity contribution in [3.05, 3.63) is 35.5 Å². The molecule has 2 saturated carbocycles. The van der Waals surface area contributed by atoms with Gasteiger partial charge in [0, 0.05) is 49.6 Å². The molecule has 174 valence electrons. The molecule has 2 unspecified atom stereocenters. The molecule has 2 aliphatic heterocycles. The Morgan fingerprint density at radius 3 is 2.64 bits per heavy atom. The van der Waals surface area contributed by atoms with Gasteiger partial charge in [0.15, 0.2) is 0 Å². The molecule has 0 aromatic carbocycles. The van der Waals surface area contributed by atoms with Crippen molar-refractivity contribution in [3.63, 3.8) is 0 Å². The Hall–Kier alpha value is -2.92. The number of hydrogen-bond donors (Lipinski definition) is 0. The molecule has 0 spiro atoms. The summed E-state index contributed by atoms with van der Waals surface area (Å²) in [5.41, 5.74) is 2.44. The summed E-state index contributed by atoms with van der Waals surface area (Å²) in [6.45, 7) is 9.12. The van der Waals surface area contributed by atoms with Crippen molar-refractivity contribution in [1.82, 2.24) is 14.8 Å². The lowest BCUT2D eigenvalue weighted by atomic mass is 9.99. The summed E-state index contributed by atoms with van der Waals surface area (Å²) >= 11 is 0. The molecule has 1 aromatic rings. The van der Waals surface area contributed by atoms with E-state index in [2.05, 4.69) is 24.5 Å². The van der Waals surface area contributed by atoms with Gasteiger partial charge in [-0.3, -0.25) is 9.59 Å². The molecule has 33 heavy (non-hydrogen) atoms. The molecule has 2 atom stereocenters. The maximum absolute atomic E-state index is 12.6. The van der Waals surface area contributed by atoms with E-state index in [1.165, 1.54) is 6.08 Å². The van der Waals surface area contributed by atoms with Crippen LogP contribution < -0.4 is 4.90 Å². The summed E-state index contributed by atoms with van der Waals surface area (Å²) in [5, 5.41) is 9.98. The lowest BCUT2D eigenvalue weighted by molar-refractivity contribution is -0.135. The Morgan fingerprint density at radius 1 is 1.21 bits per heavy atom. The molecule has 4 aliphatic rings. The number of carbonyl (C=O) groups excluding carboxylic acids is 2. The summed E-state index contributed by atoms with van der Waals surface area (Å²) in [4.78, 5) is 35.7. The predicted octanol–water partition coefficient (Wildman–Crippen LogP) is 2.36. The van der Waals surface area contributed by atoms with E-state index in [0.29, 0.717) is 56.6 Å². The fourth-order valence-electron chi connectivity index (χ4n) is 5.01. The van der Waals surface area contributed by atoms with E-state index in [9.17, 15) is 14.9 Å². The van der Waals surface area contributed by atoms with Crippen molar-refractivity contribution in [2.24, 2.45) is 5.92 Å². The quantitative estimate of drug-likeness (QED) is 0.641. The first-order chi connectivity index (χ1) is 16.0. The van der Waals surface area contributed by atoms with Crippen LogP contribution in [0.15, 0.2) is 18.7 Å². The Balaban J connectivity index is 1.41. The third-order valence-electron chi connectivity index (χ3n) is 7.18. The molecule has 2 saturated heterocycles. The van der Waals surface area contributed by atoms with Gasteiger partial charge in [-0.1, -0.05) is 6.58 Å². The van der Waals surface area contributed by atoms with Crippen molar-refractivity contribution >= 4 is 17.6 Å². The van der Waals surface area contributed by atoms with Crippen LogP contribution in [-0.2, 0) is 14.3 Å². The number of ether oxygens (including phenoxy) is 1. The minimum absolute atomic E-state index is 0.0874. The van der Waals surface area contributed by atoms with E-state index in [1.807, 2.05) is 11.0 Å². The highest BCUT2D eigenvalue weighted by Gasteiger charge is 2.39. The molecule has 8 nitrogen and oxygen atoms in total. The largest absolute Gasteiger partial charge is 0.370 e. The van der Waals surface area contributed by atoms with Gasteiger partial charge >= 0.3 is 0 Å². The lowest BCUT2D eigenvalue weighted by Gasteiger charge is -2.41. The van der Waals surface area contributed by atoms with E-state index in [-0.39, 0.29) is 29.9 Å². The van der Waals surface area contributed by atoms with Crippen molar-refractivity contribution in [1.29, 1.82) is 5.26 Å². The minimum Gasteiger partial charge on any atom is -0.370 e. The normalized spacial score (nSPS) is 25.5. The van der Waals surface area contributed by atoms with E-state index < -0.39 is 0 Å². The molecule has 3 heterocycles. The number of pyridine rings is 1. The molecule has 0 bridgehead atoms. The van der Waals surface area contributed by atoms with E-state index in [4.69, 9.17) is 9.72 Å². The van der Waals surface area contributed by atoms with E-state index in [0.717, 1.165) is 36.9 Å². The predicted molar refractivity (Wildman–Crippen MR) is 123 cm³/mol. The van der Waals surface area contributed by atoms with Gasteiger partial charge in [-0.25, -0.2) is 4.98 Å². The third-order valence-corrected chi connectivity index (χ3v) is 7.18. The number of morpholine rings is 1. The molecule has 4 fully saturated rings. The minimum atomic E-state index is -0.293. The zero-order valence-electron chi connectivity index (χ0n) is 19.2. The van der Waals surface area contributed by atoms with Crippen LogP contribution in [0.3, 0.4) is 0 Å². The molecule has 2 amide bonds. The number of nitrogens with zero attached hydrogens (tertiary/aromatic N) is 5. The second kappa shape index (κ2) is 8.79. The maximum atomic E-state index is 12.6. The number of piperazine rings is 1. The van der Waals surface area contributed by atoms with Gasteiger partial charge in [-0.15, -0.1) is 0 Å². The van der Waals surface area contributed by atoms with Gasteiger partial charge in [-0.05, 0) is 44.7 Å². The molecule has 0 N–H and O–H groups in total. The van der Waals surface area contributed by atoms with Gasteiger partial charge in [-0.2, -0.15) is 5.26 Å². The van der Waals surface area contributed by atoms with E-state index >= 15 is 0 Å². The zero-order valence-corrected chi connectivity index (χ0v) is 19.2. The van der Waals surface area contributed by atoms with Crippen LogP contribution in [0.2, 0.25) is 0 Å². The smallest absolute Gasteiger partial charge is 0.246 e. The SMILES string of the molecule is C=CC(=O)N1CCOC(c2cc(C#N)c(N3CCN(C(=O)C4CC4)C(C)C3)nc2C2CC2)C1. The first-order valence-corrected chi connectivity index (χ1v) is 12.0. The Labute approximate surface area is 194 Å². The Kier molecular flexibility index (Phi) is 5.83. The van der Waals surface area contributed by atoms with Gasteiger partial charge in [0.1, 0.15) is 18.0 Å². The summed E-state index contributed by atoms with van der Waals surface area (Å²) in [5.74, 6) is 1.47. The Bertz CT molecular complexity index is 1010. The average Bonchev–Trinajstić information content (AvgIpc) is 3.75. The fraction of sp³-hybridized carbons (Fsp3) is 0.600. The first kappa shape index (κ1) is 21.9. The zero-order chi connectivity index (χ0) is 23.1. The van der Waals surface area contributed by atoms with Crippen molar-refractivity contribution in [2.45, 2.75) is 50.7 Å². The second-order valence-electron chi connectivity index (χ2n) is 9.67. The standard InChI is InChI=1S/C25H31N5O3/c1-3-22(31)28-10-11-33-21(15-28)20-12-19(13-26)24(27-23(20)17-4-5-17)29-8-9-30(16(2)14-29)25(32)18-6-7-18/h3,12,16-18,21H,1,4-11,14-15H2,2H3. The third kappa shape index (κ3) is 4.34. The second-order valence-corrected chi connectivity index (χ2v) is 9.67. The number of amides is 2. The van der Waals surface area contributed by atoms with Crippen LogP contribution in [0.4, 0.5) is 5.82 Å². The van der Waals surface area contributed by atoms with Gasteiger partial charge in [0.25, 0.3) is 0 Å². The van der Waals surface area contributed by atoms with Crippen LogP contribution in [0, 0.1) is 17.2 Å². The molecule has 2 aliphatic carbocycles. The Morgan fingerprint density at radius 2 is 2.00 bits per heavy atom. The maximum Gasteiger partial charge on any atom is 0.246 e. The van der Waals surface area contributed by atoms with Crippen molar-refractivity contribution in [3.8, 4) is 6.07 Å². The summed E-state index contributed by atoms with van der Waals surface area (Å²) in [6, 6.07) is 4.36. The number of rotatable bonds is 5. The van der Waals surface area contributed by atoms with Crippen LogP contribution in [-0.4, -0.2) is 72.0 Å². The summed E-state index contributed by atoms with van der Waals surface area (Å²) in [7, 11) is 0. The average molecular weight is 450 g/mol. The fourth-order valence-corrected chi connectivity index (χ4v) is 5.01. The van der Waals surface area contributed by atoms with Crippen LogP contribution in [0.1, 0.15) is 61.4 Å². The molecule has 0 radical (unpaired) electrons. The van der Waals surface area contributed by atoms with Gasteiger partial charge < -0.3 is 19.4 Å². The lowest BCUT2D eigenvalue weighted by Crippen LogP contribution is -2.55. The number of carbonyl (C=O) groups is 2. The van der Waals surface area contributed by atoms with Crippen molar-refractivity contribution < 1.29 is 14.3 Å². The highest BCUT2D eigenvalue weighted by atomic mass is 16.5. The van der Waals surface area contributed by atoms with Gasteiger partial charge in [0.2, 0.25) is 11.8 Å². The number of aromatic nitrogens is 1. The highest BCUT2D eigenvalue weighted by Crippen LogP contribution is 2.44. The highest BCUT2D eigenvalue weighted by molar-refractivity contribution is 5.87. The summed E-state index contributed by atoms with van der Waals surface area (Å²) in [6.07, 6.45) is 5.22. The topological polar surface area (TPSA) is 89.8 Å². The van der Waals surface area contributed by atoms with Crippen LogP contribution in [0.5, 0.6) is 0 Å². The van der Waals surface area contributed by atoms with Crippen LogP contribution >= 0.6 is 0 Å². The van der Waals surface area contributed by atoms with Gasteiger partial charge in [0.05, 0.1) is 24.4 Å². The number of nitriles is 1. The molecular formula is C25H31N5O3. The molecule has 5 rings (SSSR count). The van der Waals surface area contributed by atoms with E-state index in [1.54, 1.807) is 4.90 Å². The molecule has 8 heteroatoms. The first-order valence-electron chi connectivity index (χ1n) is 12.0. The monoisotopic (exact) mass is 449 g/mol. The van der Waals surface area contributed by atoms with Crippen molar-refractivity contribution in [2.75, 3.05) is 44.2 Å². The number of anilines is 1. The molecule has 1 aromatic heterocycles.